The largest absolute Gasteiger partial charge is 0.495 e. The van der Waals surface area contributed by atoms with Crippen LogP contribution in [-0.2, 0) is 14.3 Å². The number of Topliss-reactive ketones (excluding diaryl/α,β-unsaturated/α-hetero) is 1. The molecule has 0 radical (unpaired) electrons. The second-order valence-corrected chi connectivity index (χ2v) is 6.35. The fourth-order valence-corrected chi connectivity index (χ4v) is 2.63. The molecule has 1 aromatic rings. The van der Waals surface area contributed by atoms with Gasteiger partial charge in [0.1, 0.15) is 17.8 Å². The Bertz CT molecular complexity index is 766. The van der Waals surface area contributed by atoms with Gasteiger partial charge in [-0.2, -0.15) is 0 Å². The molecule has 1 N–H and O–H groups in total. The number of urea groups is 1. The summed E-state index contributed by atoms with van der Waals surface area (Å²) in [5.74, 6) is -1.42. The lowest BCUT2D eigenvalue weighted by Crippen LogP contribution is -2.43. The van der Waals surface area contributed by atoms with E-state index in [-0.39, 0.29) is 10.6 Å². The highest BCUT2D eigenvalue weighted by molar-refractivity contribution is 6.32. The molecule has 1 atom stereocenters. The predicted octanol–water partition coefficient (Wildman–Crippen LogP) is 1.79. The number of ether oxygens (including phenoxy) is 2. The third-order valence-electron chi connectivity index (χ3n) is 4.18. The summed E-state index contributed by atoms with van der Waals surface area (Å²) in [6, 6.07) is 3.76. The van der Waals surface area contributed by atoms with Gasteiger partial charge in [-0.25, -0.2) is 4.79 Å². The minimum absolute atomic E-state index is 0.247. The molecule has 0 aliphatic carbocycles. The fraction of sp³-hybridized carbons (Fsp3) is 0.412. The molecule has 1 aliphatic rings. The van der Waals surface area contributed by atoms with E-state index < -0.39 is 42.4 Å². The molecule has 26 heavy (non-hydrogen) atoms. The Balaban J connectivity index is 1.93. The summed E-state index contributed by atoms with van der Waals surface area (Å²) in [5.41, 5.74) is -0.787. The first-order chi connectivity index (χ1) is 12.2. The van der Waals surface area contributed by atoms with Crippen molar-refractivity contribution in [2.75, 3.05) is 20.3 Å². The van der Waals surface area contributed by atoms with Gasteiger partial charge in [0.25, 0.3) is 5.91 Å². The van der Waals surface area contributed by atoms with Crippen LogP contribution < -0.4 is 10.1 Å². The van der Waals surface area contributed by atoms with Crippen molar-refractivity contribution in [3.05, 3.63) is 28.8 Å². The van der Waals surface area contributed by atoms with Crippen LogP contribution in [0.2, 0.25) is 5.02 Å². The smallest absolute Gasteiger partial charge is 0.326 e. The molecule has 8 nitrogen and oxygen atoms in total. The first-order valence-corrected chi connectivity index (χ1v) is 8.26. The highest BCUT2D eigenvalue weighted by atomic mass is 35.5. The van der Waals surface area contributed by atoms with Gasteiger partial charge in [0.15, 0.2) is 12.4 Å². The second-order valence-electron chi connectivity index (χ2n) is 5.94. The number of carbonyl (C=O) groups excluding carboxylic acids is 4. The SMILES string of the molecule is CC[C@@]1(C)NC(=O)N(CC(=O)OCC(=O)c2ccc(OC)c(Cl)c2)C1=O. The van der Waals surface area contributed by atoms with Gasteiger partial charge in [-0.3, -0.25) is 19.3 Å². The fourth-order valence-electron chi connectivity index (χ4n) is 2.37. The average molecular weight is 383 g/mol. The van der Waals surface area contributed by atoms with E-state index >= 15 is 0 Å². The molecule has 9 heteroatoms. The van der Waals surface area contributed by atoms with Crippen LogP contribution in [0.5, 0.6) is 5.75 Å². The molecular formula is C17H19ClN2O6. The topological polar surface area (TPSA) is 102 Å². The van der Waals surface area contributed by atoms with Gasteiger partial charge in [-0.15, -0.1) is 0 Å². The maximum Gasteiger partial charge on any atom is 0.326 e. The third-order valence-corrected chi connectivity index (χ3v) is 4.47. The highest BCUT2D eigenvalue weighted by Crippen LogP contribution is 2.25. The number of imide groups is 1. The molecule has 0 bridgehead atoms. The minimum atomic E-state index is -1.03. The molecule has 1 aromatic carbocycles. The van der Waals surface area contributed by atoms with E-state index in [1.54, 1.807) is 13.8 Å². The Kier molecular flexibility index (Phi) is 5.86. The Labute approximate surface area is 155 Å². The third kappa shape index (κ3) is 3.96. The number of halogens is 1. The number of hydrogen-bond donors (Lipinski definition) is 1. The van der Waals surface area contributed by atoms with Crippen LogP contribution in [0.3, 0.4) is 0 Å². The van der Waals surface area contributed by atoms with Crippen molar-refractivity contribution in [3.63, 3.8) is 0 Å². The van der Waals surface area contributed by atoms with E-state index in [0.29, 0.717) is 12.2 Å². The number of ketones is 1. The number of rotatable bonds is 7. The first-order valence-electron chi connectivity index (χ1n) is 7.88. The minimum Gasteiger partial charge on any atom is -0.495 e. The summed E-state index contributed by atoms with van der Waals surface area (Å²) in [4.78, 5) is 48.8. The lowest BCUT2D eigenvalue weighted by Gasteiger charge is -2.18. The van der Waals surface area contributed by atoms with E-state index in [1.165, 1.54) is 25.3 Å². The normalized spacial score (nSPS) is 19.3. The number of nitrogens with one attached hydrogen (secondary N) is 1. The number of hydrogen-bond acceptors (Lipinski definition) is 6. The van der Waals surface area contributed by atoms with Crippen molar-refractivity contribution in [3.8, 4) is 5.75 Å². The molecule has 140 valence electrons. The van der Waals surface area contributed by atoms with Gasteiger partial charge in [0.2, 0.25) is 0 Å². The first kappa shape index (κ1) is 19.7. The Morgan fingerprint density at radius 3 is 2.54 bits per heavy atom. The Morgan fingerprint density at radius 2 is 2.00 bits per heavy atom. The molecule has 2 rings (SSSR count). The summed E-state index contributed by atoms with van der Waals surface area (Å²) in [7, 11) is 1.45. The lowest BCUT2D eigenvalue weighted by molar-refractivity contribution is -0.146. The van der Waals surface area contributed by atoms with Crippen molar-refractivity contribution in [1.29, 1.82) is 0 Å². The van der Waals surface area contributed by atoms with Crippen LogP contribution in [0.1, 0.15) is 30.6 Å². The zero-order valence-electron chi connectivity index (χ0n) is 14.6. The van der Waals surface area contributed by atoms with Gasteiger partial charge in [0, 0.05) is 5.56 Å². The van der Waals surface area contributed by atoms with Crippen molar-refractivity contribution in [2.45, 2.75) is 25.8 Å². The lowest BCUT2D eigenvalue weighted by atomic mass is 9.99. The summed E-state index contributed by atoms with van der Waals surface area (Å²) in [6.07, 6.45) is 0.389. The predicted molar refractivity (Wildman–Crippen MR) is 92.2 cm³/mol. The van der Waals surface area contributed by atoms with Crippen molar-refractivity contribution >= 4 is 35.3 Å². The van der Waals surface area contributed by atoms with Gasteiger partial charge < -0.3 is 14.8 Å². The summed E-state index contributed by atoms with van der Waals surface area (Å²) in [5, 5.41) is 2.78. The highest BCUT2D eigenvalue weighted by Gasteiger charge is 2.47. The number of amides is 3. The zero-order valence-corrected chi connectivity index (χ0v) is 15.4. The average Bonchev–Trinajstić information content (AvgIpc) is 2.83. The number of benzene rings is 1. The zero-order chi connectivity index (χ0) is 19.5. The quantitative estimate of drug-likeness (QED) is 0.438. The molecule has 1 fully saturated rings. The Hall–Kier alpha value is -2.61. The Morgan fingerprint density at radius 1 is 1.31 bits per heavy atom. The van der Waals surface area contributed by atoms with Crippen LogP contribution in [0.4, 0.5) is 4.79 Å². The molecule has 0 aromatic heterocycles. The van der Waals surface area contributed by atoms with Gasteiger partial charge in [0.05, 0.1) is 12.1 Å². The van der Waals surface area contributed by atoms with E-state index in [0.717, 1.165) is 4.90 Å². The number of esters is 1. The van der Waals surface area contributed by atoms with Gasteiger partial charge in [-0.1, -0.05) is 18.5 Å². The number of methoxy groups -OCH3 is 1. The summed E-state index contributed by atoms with van der Waals surface area (Å²) < 4.78 is 9.87. The summed E-state index contributed by atoms with van der Waals surface area (Å²) in [6.45, 7) is 2.24. The second kappa shape index (κ2) is 7.74. The van der Waals surface area contributed by atoms with Gasteiger partial charge >= 0.3 is 12.0 Å². The van der Waals surface area contributed by atoms with Crippen LogP contribution in [0, 0.1) is 0 Å². The molecule has 0 spiro atoms. The molecule has 1 saturated heterocycles. The molecule has 0 unspecified atom stereocenters. The van der Waals surface area contributed by atoms with Crippen molar-refractivity contribution in [1.82, 2.24) is 10.2 Å². The van der Waals surface area contributed by atoms with Crippen LogP contribution in [-0.4, -0.2) is 54.4 Å². The molecular weight excluding hydrogens is 364 g/mol. The summed E-state index contributed by atoms with van der Waals surface area (Å²) >= 11 is 5.95. The molecule has 0 saturated carbocycles. The van der Waals surface area contributed by atoms with E-state index in [9.17, 15) is 19.2 Å². The van der Waals surface area contributed by atoms with E-state index in [4.69, 9.17) is 21.1 Å². The van der Waals surface area contributed by atoms with E-state index in [2.05, 4.69) is 5.32 Å². The van der Waals surface area contributed by atoms with E-state index in [1.807, 2.05) is 0 Å². The van der Waals surface area contributed by atoms with Crippen LogP contribution in [0.15, 0.2) is 18.2 Å². The molecule has 1 heterocycles. The van der Waals surface area contributed by atoms with Crippen molar-refractivity contribution in [2.24, 2.45) is 0 Å². The standard InChI is InChI=1S/C17H19ClN2O6/c1-4-17(2)15(23)20(16(24)19-17)8-14(22)26-9-12(21)10-5-6-13(25-3)11(18)7-10/h5-7H,4,8-9H2,1-3H3,(H,19,24)/t17-/m1/s1. The maximum atomic E-state index is 12.2. The number of carbonyl (C=O) groups is 4. The van der Waals surface area contributed by atoms with Crippen LogP contribution >= 0.6 is 11.6 Å². The number of nitrogens with zero attached hydrogens (tertiary/aromatic N) is 1. The van der Waals surface area contributed by atoms with Crippen molar-refractivity contribution < 1.29 is 28.7 Å². The molecule has 1 aliphatic heterocycles. The molecule has 3 amide bonds. The van der Waals surface area contributed by atoms with Crippen LogP contribution in [0.25, 0.3) is 0 Å². The maximum absolute atomic E-state index is 12.2. The van der Waals surface area contributed by atoms with Gasteiger partial charge in [-0.05, 0) is 31.5 Å². The monoisotopic (exact) mass is 382 g/mol.